The van der Waals surface area contributed by atoms with Gasteiger partial charge in [0.05, 0.1) is 18.4 Å². The average Bonchev–Trinajstić information content (AvgIpc) is 2.74. The summed E-state index contributed by atoms with van der Waals surface area (Å²) in [5, 5.41) is 0. The predicted octanol–water partition coefficient (Wildman–Crippen LogP) is 3.77. The molecule has 29 heavy (non-hydrogen) atoms. The minimum absolute atomic E-state index is 0.0949. The first-order chi connectivity index (χ1) is 13.9. The summed E-state index contributed by atoms with van der Waals surface area (Å²) in [6.45, 7) is 5.13. The number of carbonyl (C=O) groups excluding carboxylic acids is 3. The van der Waals surface area contributed by atoms with Gasteiger partial charge in [-0.3, -0.25) is 9.69 Å². The van der Waals surface area contributed by atoms with Crippen LogP contribution in [0.5, 0.6) is 5.75 Å². The highest BCUT2D eigenvalue weighted by Crippen LogP contribution is 2.26. The number of benzene rings is 2. The van der Waals surface area contributed by atoms with Crippen molar-refractivity contribution in [2.75, 3.05) is 25.2 Å². The Morgan fingerprint density at radius 2 is 1.83 bits per heavy atom. The van der Waals surface area contributed by atoms with Crippen LogP contribution in [0.2, 0.25) is 0 Å². The number of hydrogen-bond donors (Lipinski definition) is 0. The molecule has 0 aromatic heterocycles. The van der Waals surface area contributed by atoms with Crippen molar-refractivity contribution in [3.8, 4) is 5.75 Å². The van der Waals surface area contributed by atoms with Crippen LogP contribution >= 0.6 is 0 Å². The van der Waals surface area contributed by atoms with E-state index in [1.54, 1.807) is 6.07 Å². The molecular weight excluding hydrogens is 374 g/mol. The number of amides is 1. The molecule has 2 aromatic rings. The Labute approximate surface area is 169 Å². The summed E-state index contributed by atoms with van der Waals surface area (Å²) in [6.07, 6.45) is 0.915. The number of nitrogens with zero attached hydrogens (tertiary/aromatic N) is 1. The lowest BCUT2D eigenvalue weighted by Crippen LogP contribution is -2.31. The first-order valence-electron chi connectivity index (χ1n) is 8.89. The van der Waals surface area contributed by atoms with Crippen LogP contribution in [0.1, 0.15) is 22.8 Å². The fourth-order valence-electron chi connectivity index (χ4n) is 2.45. The third kappa shape index (κ3) is 6.49. The molecule has 0 saturated carbocycles. The zero-order valence-electron chi connectivity index (χ0n) is 16.4. The van der Waals surface area contributed by atoms with Gasteiger partial charge in [0.1, 0.15) is 19.0 Å². The fourth-order valence-corrected chi connectivity index (χ4v) is 2.45. The standard InChI is InChI=1S/C22H23NO6/c1-4-10-23(22(26)29-15-17-8-6-5-7-9-17)19-11-18(21(25)27-3)12-20(13-19)28-14-16(2)24/h4-9,11-13H,1,10,14-15H2,2-3H3. The second kappa shape index (κ2) is 10.7. The highest BCUT2D eigenvalue weighted by Gasteiger charge is 2.20. The van der Waals surface area contributed by atoms with Crippen molar-refractivity contribution in [3.63, 3.8) is 0 Å². The lowest BCUT2D eigenvalue weighted by molar-refractivity contribution is -0.118. The Hall–Kier alpha value is -3.61. The molecule has 0 saturated heterocycles. The van der Waals surface area contributed by atoms with Crippen LogP contribution in [0.3, 0.4) is 0 Å². The lowest BCUT2D eigenvalue weighted by Gasteiger charge is -2.22. The van der Waals surface area contributed by atoms with E-state index in [2.05, 4.69) is 6.58 Å². The quantitative estimate of drug-likeness (QED) is 0.473. The van der Waals surface area contributed by atoms with E-state index in [0.29, 0.717) is 5.69 Å². The van der Waals surface area contributed by atoms with Crippen LogP contribution < -0.4 is 9.64 Å². The fraction of sp³-hybridized carbons (Fsp3) is 0.227. The summed E-state index contributed by atoms with van der Waals surface area (Å²) in [6, 6.07) is 13.7. The largest absolute Gasteiger partial charge is 0.486 e. The van der Waals surface area contributed by atoms with E-state index in [4.69, 9.17) is 14.2 Å². The zero-order chi connectivity index (χ0) is 21.2. The molecule has 7 heteroatoms. The van der Waals surface area contributed by atoms with Crippen molar-refractivity contribution in [1.29, 1.82) is 0 Å². The molecule has 0 unspecified atom stereocenters. The van der Waals surface area contributed by atoms with Gasteiger partial charge in [-0.2, -0.15) is 0 Å². The Bertz CT molecular complexity index is 878. The molecule has 0 atom stereocenters. The first kappa shape index (κ1) is 21.7. The number of hydrogen-bond acceptors (Lipinski definition) is 6. The maximum absolute atomic E-state index is 12.7. The van der Waals surface area contributed by atoms with Crippen LogP contribution in [-0.2, 0) is 20.9 Å². The molecule has 0 N–H and O–H groups in total. The molecule has 0 fully saturated rings. The molecule has 0 radical (unpaired) electrons. The minimum atomic E-state index is -0.617. The summed E-state index contributed by atoms with van der Waals surface area (Å²) in [4.78, 5) is 37.2. The topological polar surface area (TPSA) is 82.1 Å². The maximum Gasteiger partial charge on any atom is 0.414 e. The molecule has 2 aromatic carbocycles. The molecule has 0 heterocycles. The van der Waals surface area contributed by atoms with E-state index >= 15 is 0 Å². The van der Waals surface area contributed by atoms with E-state index < -0.39 is 12.1 Å². The molecule has 0 aliphatic heterocycles. The number of methoxy groups -OCH3 is 1. The average molecular weight is 397 g/mol. The third-order valence-electron chi connectivity index (χ3n) is 3.80. The van der Waals surface area contributed by atoms with E-state index in [-0.39, 0.29) is 36.9 Å². The lowest BCUT2D eigenvalue weighted by atomic mass is 10.1. The van der Waals surface area contributed by atoms with Crippen molar-refractivity contribution in [2.45, 2.75) is 13.5 Å². The Kier molecular flexibility index (Phi) is 7.97. The number of Topliss-reactive ketones (excluding diaryl/α,β-unsaturated/α-hetero) is 1. The summed E-state index contributed by atoms with van der Waals surface area (Å²) < 4.78 is 15.6. The SMILES string of the molecule is C=CCN(C(=O)OCc1ccccc1)c1cc(OCC(C)=O)cc(C(=O)OC)c1. The summed E-state index contributed by atoms with van der Waals surface area (Å²) >= 11 is 0. The number of rotatable bonds is 9. The van der Waals surface area contributed by atoms with Crippen molar-refractivity contribution in [3.05, 3.63) is 72.3 Å². The smallest absolute Gasteiger partial charge is 0.414 e. The molecule has 0 bridgehead atoms. The van der Waals surface area contributed by atoms with Crippen LogP contribution in [-0.4, -0.2) is 38.1 Å². The van der Waals surface area contributed by atoms with Gasteiger partial charge in [-0.05, 0) is 24.6 Å². The number of anilines is 1. The number of ether oxygens (including phenoxy) is 3. The normalized spacial score (nSPS) is 10.0. The van der Waals surface area contributed by atoms with Crippen LogP contribution in [0, 0.1) is 0 Å². The highest BCUT2D eigenvalue weighted by molar-refractivity contribution is 5.94. The van der Waals surface area contributed by atoms with Crippen molar-refractivity contribution in [1.82, 2.24) is 0 Å². The molecule has 152 valence electrons. The molecule has 0 aliphatic rings. The van der Waals surface area contributed by atoms with Crippen molar-refractivity contribution >= 4 is 23.5 Å². The van der Waals surface area contributed by atoms with Gasteiger partial charge in [-0.25, -0.2) is 9.59 Å². The van der Waals surface area contributed by atoms with Gasteiger partial charge in [0, 0.05) is 12.6 Å². The monoisotopic (exact) mass is 397 g/mol. The van der Waals surface area contributed by atoms with Gasteiger partial charge in [0.2, 0.25) is 0 Å². The zero-order valence-corrected chi connectivity index (χ0v) is 16.4. The van der Waals surface area contributed by atoms with Gasteiger partial charge in [-0.15, -0.1) is 6.58 Å². The third-order valence-corrected chi connectivity index (χ3v) is 3.80. The van der Waals surface area contributed by atoms with Crippen LogP contribution in [0.15, 0.2) is 61.2 Å². The van der Waals surface area contributed by atoms with Gasteiger partial charge in [0.15, 0.2) is 5.78 Å². The molecule has 7 nitrogen and oxygen atoms in total. The number of ketones is 1. The van der Waals surface area contributed by atoms with Crippen LogP contribution in [0.25, 0.3) is 0 Å². The summed E-state index contributed by atoms with van der Waals surface area (Å²) in [5.74, 6) is -0.529. The molecule has 0 spiro atoms. The predicted molar refractivity (Wildman–Crippen MR) is 108 cm³/mol. The molecular formula is C22H23NO6. The number of esters is 1. The maximum atomic E-state index is 12.7. The van der Waals surface area contributed by atoms with Crippen molar-refractivity contribution in [2.24, 2.45) is 0 Å². The van der Waals surface area contributed by atoms with Gasteiger partial charge in [-0.1, -0.05) is 36.4 Å². The first-order valence-corrected chi connectivity index (χ1v) is 8.89. The summed E-state index contributed by atoms with van der Waals surface area (Å²) in [7, 11) is 1.25. The van der Waals surface area contributed by atoms with E-state index in [0.717, 1.165) is 5.56 Å². The van der Waals surface area contributed by atoms with E-state index in [1.165, 1.54) is 37.1 Å². The van der Waals surface area contributed by atoms with Gasteiger partial charge in [0.25, 0.3) is 0 Å². The summed E-state index contributed by atoms with van der Waals surface area (Å²) in [5.41, 5.74) is 1.37. The van der Waals surface area contributed by atoms with Gasteiger partial charge < -0.3 is 14.2 Å². The van der Waals surface area contributed by atoms with Crippen molar-refractivity contribution < 1.29 is 28.6 Å². The minimum Gasteiger partial charge on any atom is -0.486 e. The second-order valence-electron chi connectivity index (χ2n) is 6.14. The second-order valence-corrected chi connectivity index (χ2v) is 6.14. The van der Waals surface area contributed by atoms with E-state index in [1.807, 2.05) is 30.3 Å². The Balaban J connectivity index is 2.29. The van der Waals surface area contributed by atoms with E-state index in [9.17, 15) is 14.4 Å². The van der Waals surface area contributed by atoms with Crippen LogP contribution in [0.4, 0.5) is 10.5 Å². The number of carbonyl (C=O) groups is 3. The molecule has 2 rings (SSSR count). The highest BCUT2D eigenvalue weighted by atomic mass is 16.6. The van der Waals surface area contributed by atoms with Gasteiger partial charge >= 0.3 is 12.1 Å². The Morgan fingerprint density at radius 1 is 1.10 bits per heavy atom. The Morgan fingerprint density at radius 3 is 2.45 bits per heavy atom. The molecule has 1 amide bonds. The molecule has 0 aliphatic carbocycles.